The molecule has 1 unspecified atom stereocenters. The van der Waals surface area contributed by atoms with Crippen LogP contribution in [-0.2, 0) is 17.6 Å². The highest BCUT2D eigenvalue weighted by Crippen LogP contribution is 2.27. The number of hydrogen-bond donors (Lipinski definition) is 0. The van der Waals surface area contributed by atoms with Crippen molar-refractivity contribution in [2.45, 2.75) is 45.1 Å². The molecule has 0 fully saturated rings. The van der Waals surface area contributed by atoms with E-state index in [1.54, 1.807) is 0 Å². The van der Waals surface area contributed by atoms with Gasteiger partial charge in [0.25, 0.3) is 0 Å². The van der Waals surface area contributed by atoms with Crippen LogP contribution >= 0.6 is 0 Å². The zero-order chi connectivity index (χ0) is 18.7. The van der Waals surface area contributed by atoms with E-state index < -0.39 is 0 Å². The summed E-state index contributed by atoms with van der Waals surface area (Å²) in [6.07, 6.45) is 5.77. The van der Waals surface area contributed by atoms with Crippen LogP contribution in [0.15, 0.2) is 84.9 Å². The maximum absolute atomic E-state index is 6.20. The first-order valence-corrected chi connectivity index (χ1v) is 10.2. The molecule has 0 saturated carbocycles. The lowest BCUT2D eigenvalue weighted by Crippen LogP contribution is -2.07. The summed E-state index contributed by atoms with van der Waals surface area (Å²) in [5.41, 5.74) is 5.33. The average Bonchev–Trinajstić information content (AvgIpc) is 2.73. The molecule has 3 aromatic carbocycles. The molecule has 0 aliphatic heterocycles. The number of hydrogen-bond acceptors (Lipinski definition) is 1. The van der Waals surface area contributed by atoms with Gasteiger partial charge in [0.05, 0.1) is 0 Å². The predicted molar refractivity (Wildman–Crippen MR) is 114 cm³/mol. The standard InChI is InChI=1S/C26H30O/c1-2-20-27-26(24-17-7-4-8-18-24)25-19-11-16-23(21-25)15-10-9-14-22-12-5-3-6-13-22/h3-8,11-13,16-19,21,26H,2,9-10,14-15,20H2,1H3. The topological polar surface area (TPSA) is 9.23 Å². The molecule has 0 saturated heterocycles. The summed E-state index contributed by atoms with van der Waals surface area (Å²) in [7, 11) is 0. The second-order valence-electron chi connectivity index (χ2n) is 7.10. The fourth-order valence-electron chi connectivity index (χ4n) is 3.46. The monoisotopic (exact) mass is 358 g/mol. The lowest BCUT2D eigenvalue weighted by atomic mass is 9.97. The Morgan fingerprint density at radius 3 is 1.96 bits per heavy atom. The summed E-state index contributed by atoms with van der Waals surface area (Å²) in [6.45, 7) is 2.94. The molecule has 0 aliphatic rings. The highest BCUT2D eigenvalue weighted by Gasteiger charge is 2.14. The van der Waals surface area contributed by atoms with Gasteiger partial charge in [-0.2, -0.15) is 0 Å². The van der Waals surface area contributed by atoms with E-state index in [2.05, 4.69) is 91.9 Å². The average molecular weight is 359 g/mol. The Morgan fingerprint density at radius 1 is 0.667 bits per heavy atom. The molecule has 1 nitrogen and oxygen atoms in total. The van der Waals surface area contributed by atoms with Crippen molar-refractivity contribution < 1.29 is 4.74 Å². The molecule has 0 N–H and O–H groups in total. The van der Waals surface area contributed by atoms with Gasteiger partial charge < -0.3 is 4.74 Å². The zero-order valence-corrected chi connectivity index (χ0v) is 16.3. The van der Waals surface area contributed by atoms with Gasteiger partial charge in [-0.3, -0.25) is 0 Å². The second kappa shape index (κ2) is 10.7. The van der Waals surface area contributed by atoms with Gasteiger partial charge in [0.15, 0.2) is 0 Å². The first-order valence-electron chi connectivity index (χ1n) is 10.2. The van der Waals surface area contributed by atoms with E-state index >= 15 is 0 Å². The van der Waals surface area contributed by atoms with E-state index in [-0.39, 0.29) is 6.10 Å². The molecular weight excluding hydrogens is 328 g/mol. The van der Waals surface area contributed by atoms with Crippen molar-refractivity contribution in [3.63, 3.8) is 0 Å². The van der Waals surface area contributed by atoms with Gasteiger partial charge >= 0.3 is 0 Å². The molecule has 0 amide bonds. The third kappa shape index (κ3) is 6.08. The second-order valence-corrected chi connectivity index (χ2v) is 7.10. The van der Waals surface area contributed by atoms with Crippen molar-refractivity contribution >= 4 is 0 Å². The van der Waals surface area contributed by atoms with Crippen molar-refractivity contribution in [1.29, 1.82) is 0 Å². The van der Waals surface area contributed by atoms with Gasteiger partial charge in [-0.15, -0.1) is 0 Å². The molecule has 140 valence electrons. The first kappa shape index (κ1) is 19.4. The minimum Gasteiger partial charge on any atom is -0.369 e. The Bertz CT molecular complexity index is 780. The minimum absolute atomic E-state index is 0.0235. The highest BCUT2D eigenvalue weighted by molar-refractivity contribution is 5.33. The molecular formula is C26H30O. The molecule has 0 bridgehead atoms. The van der Waals surface area contributed by atoms with Gasteiger partial charge in [-0.05, 0) is 54.4 Å². The van der Waals surface area contributed by atoms with E-state index in [4.69, 9.17) is 4.74 Å². The summed E-state index contributed by atoms with van der Waals surface area (Å²) >= 11 is 0. The van der Waals surface area contributed by atoms with Gasteiger partial charge in [0.2, 0.25) is 0 Å². The molecule has 1 heteroatoms. The van der Waals surface area contributed by atoms with Crippen LogP contribution in [0.1, 0.15) is 54.5 Å². The van der Waals surface area contributed by atoms with Crippen molar-refractivity contribution in [1.82, 2.24) is 0 Å². The lowest BCUT2D eigenvalue weighted by Gasteiger charge is -2.19. The summed E-state index contributed by atoms with van der Waals surface area (Å²) < 4.78 is 6.20. The zero-order valence-electron chi connectivity index (χ0n) is 16.3. The molecule has 27 heavy (non-hydrogen) atoms. The molecule has 0 heterocycles. The Morgan fingerprint density at radius 2 is 1.26 bits per heavy atom. The summed E-state index contributed by atoms with van der Waals surface area (Å²) in [5.74, 6) is 0. The normalized spacial score (nSPS) is 12.0. The Balaban J connectivity index is 1.62. The van der Waals surface area contributed by atoms with Crippen LogP contribution in [0.4, 0.5) is 0 Å². The molecule has 0 spiro atoms. The predicted octanol–water partition coefficient (Wildman–Crippen LogP) is 6.77. The van der Waals surface area contributed by atoms with Crippen LogP contribution < -0.4 is 0 Å². The largest absolute Gasteiger partial charge is 0.369 e. The van der Waals surface area contributed by atoms with Crippen LogP contribution in [0.2, 0.25) is 0 Å². The van der Waals surface area contributed by atoms with Crippen molar-refractivity contribution in [3.8, 4) is 0 Å². The summed E-state index contributed by atoms with van der Waals surface area (Å²) in [5, 5.41) is 0. The van der Waals surface area contributed by atoms with Crippen molar-refractivity contribution in [2.24, 2.45) is 0 Å². The Kier molecular flexibility index (Phi) is 7.68. The number of ether oxygens (including phenoxy) is 1. The molecule has 0 radical (unpaired) electrons. The highest BCUT2D eigenvalue weighted by atomic mass is 16.5. The fourth-order valence-corrected chi connectivity index (χ4v) is 3.46. The van der Waals surface area contributed by atoms with Crippen LogP contribution in [0, 0.1) is 0 Å². The smallest absolute Gasteiger partial charge is 0.108 e. The van der Waals surface area contributed by atoms with E-state index in [0.717, 1.165) is 25.9 Å². The van der Waals surface area contributed by atoms with E-state index in [1.807, 2.05) is 0 Å². The van der Waals surface area contributed by atoms with Gasteiger partial charge in [0.1, 0.15) is 6.10 Å². The molecule has 1 atom stereocenters. The summed E-state index contributed by atoms with van der Waals surface area (Å²) in [6, 6.07) is 30.3. The Labute approximate surface area is 164 Å². The third-order valence-corrected chi connectivity index (χ3v) is 4.87. The van der Waals surface area contributed by atoms with Gasteiger partial charge in [-0.25, -0.2) is 0 Å². The van der Waals surface area contributed by atoms with E-state index in [9.17, 15) is 0 Å². The number of benzene rings is 3. The Hall–Kier alpha value is -2.38. The fraction of sp³-hybridized carbons (Fsp3) is 0.308. The lowest BCUT2D eigenvalue weighted by molar-refractivity contribution is 0.0806. The number of rotatable bonds is 10. The van der Waals surface area contributed by atoms with Gasteiger partial charge in [0, 0.05) is 6.61 Å². The number of unbranched alkanes of at least 4 members (excludes halogenated alkanes) is 1. The van der Waals surface area contributed by atoms with Crippen LogP contribution in [0.25, 0.3) is 0 Å². The summed E-state index contributed by atoms with van der Waals surface area (Å²) in [4.78, 5) is 0. The van der Waals surface area contributed by atoms with E-state index in [0.29, 0.717) is 0 Å². The quantitative estimate of drug-likeness (QED) is 0.363. The third-order valence-electron chi connectivity index (χ3n) is 4.87. The molecule has 0 aromatic heterocycles. The van der Waals surface area contributed by atoms with Gasteiger partial charge in [-0.1, -0.05) is 91.9 Å². The van der Waals surface area contributed by atoms with Crippen LogP contribution in [-0.4, -0.2) is 6.61 Å². The molecule has 3 rings (SSSR count). The van der Waals surface area contributed by atoms with Crippen LogP contribution in [0.3, 0.4) is 0 Å². The van der Waals surface area contributed by atoms with Crippen molar-refractivity contribution in [3.05, 3.63) is 107 Å². The van der Waals surface area contributed by atoms with Crippen LogP contribution in [0.5, 0.6) is 0 Å². The first-order chi connectivity index (χ1) is 13.4. The molecule has 0 aliphatic carbocycles. The maximum Gasteiger partial charge on any atom is 0.108 e. The minimum atomic E-state index is 0.0235. The SMILES string of the molecule is CCCOC(c1ccccc1)c1cccc(CCCCc2ccccc2)c1. The van der Waals surface area contributed by atoms with E-state index in [1.165, 1.54) is 35.1 Å². The maximum atomic E-state index is 6.20. The van der Waals surface area contributed by atoms with Crippen molar-refractivity contribution in [2.75, 3.05) is 6.61 Å². The molecule has 3 aromatic rings. The number of aryl methyl sites for hydroxylation is 2.